The fraction of sp³-hybridized carbons (Fsp3) is 0.333. The number of hydrogen-bond donors (Lipinski definition) is 3. The molecule has 5 rings (SSSR count). The molecule has 1 atom stereocenters. The van der Waals surface area contributed by atoms with Crippen molar-refractivity contribution >= 4 is 29.2 Å². The van der Waals surface area contributed by atoms with E-state index >= 15 is 0 Å². The lowest BCUT2D eigenvalue weighted by atomic mass is 10.0. The van der Waals surface area contributed by atoms with Crippen LogP contribution in [0.5, 0.6) is 0 Å². The number of piperidine rings is 1. The van der Waals surface area contributed by atoms with Gasteiger partial charge >= 0.3 is 18.2 Å². The van der Waals surface area contributed by atoms with Crippen LogP contribution in [0.3, 0.4) is 0 Å². The van der Waals surface area contributed by atoms with Gasteiger partial charge < -0.3 is 19.7 Å². The van der Waals surface area contributed by atoms with E-state index in [0.29, 0.717) is 48.3 Å². The lowest BCUT2D eigenvalue weighted by molar-refractivity contribution is -0.140. The summed E-state index contributed by atoms with van der Waals surface area (Å²) in [5.74, 6) is 0.329. The van der Waals surface area contributed by atoms with Crippen LogP contribution in [0.4, 0.5) is 29.8 Å². The number of hydrogen-bond acceptors (Lipinski definition) is 10. The molecule has 15 heteroatoms. The van der Waals surface area contributed by atoms with Crippen LogP contribution in [0.15, 0.2) is 40.5 Å². The Morgan fingerprint density at radius 2 is 2.03 bits per heavy atom. The highest BCUT2D eigenvalue weighted by molar-refractivity contribution is 7.13. The molecule has 0 radical (unpaired) electrons. The van der Waals surface area contributed by atoms with Gasteiger partial charge in [-0.05, 0) is 31.9 Å². The molecule has 11 nitrogen and oxygen atoms in total. The van der Waals surface area contributed by atoms with Gasteiger partial charge in [-0.25, -0.2) is 14.8 Å². The first kappa shape index (κ1) is 26.5. The van der Waals surface area contributed by atoms with E-state index < -0.39 is 24.0 Å². The number of aliphatic hydroxyl groups excluding tert-OH is 1. The molecule has 0 bridgehead atoms. The van der Waals surface area contributed by atoms with Gasteiger partial charge in [-0.2, -0.15) is 13.2 Å². The minimum Gasteiger partial charge on any atom is -0.403 e. The SMILES string of the molecule is CCNC(=O)Nc1cc(-c2nc(C(F)(F)F)cs2)c(-c2cncc(-c3nnc(N4CCCC(O)C4)o3)c2)cn1. The topological polar surface area (TPSA) is 142 Å². The number of nitrogens with zero attached hydrogens (tertiary/aromatic N) is 6. The maximum atomic E-state index is 13.3. The van der Waals surface area contributed by atoms with Crippen molar-refractivity contribution in [2.24, 2.45) is 0 Å². The van der Waals surface area contributed by atoms with Gasteiger partial charge in [0.25, 0.3) is 5.89 Å². The first-order chi connectivity index (χ1) is 18.7. The number of thiazole rings is 1. The van der Waals surface area contributed by atoms with Crippen LogP contribution in [-0.4, -0.2) is 62.0 Å². The molecule has 1 saturated heterocycles. The van der Waals surface area contributed by atoms with Crippen LogP contribution in [0.2, 0.25) is 0 Å². The number of amides is 2. The molecule has 0 aromatic carbocycles. The van der Waals surface area contributed by atoms with Gasteiger partial charge in [-0.15, -0.1) is 16.4 Å². The van der Waals surface area contributed by atoms with E-state index in [-0.39, 0.29) is 22.7 Å². The summed E-state index contributed by atoms with van der Waals surface area (Å²) in [6.07, 6.45) is 0.905. The number of alkyl halides is 3. The van der Waals surface area contributed by atoms with Crippen molar-refractivity contribution in [3.05, 3.63) is 41.8 Å². The van der Waals surface area contributed by atoms with Crippen molar-refractivity contribution in [3.63, 3.8) is 0 Å². The molecule has 4 aromatic heterocycles. The number of β-amino-alcohol motifs (C(OH)–C–C–N with tert-alkyl or cyclic N) is 1. The third kappa shape index (κ3) is 5.98. The summed E-state index contributed by atoms with van der Waals surface area (Å²) in [5.41, 5.74) is 0.736. The van der Waals surface area contributed by atoms with E-state index in [9.17, 15) is 23.1 Å². The van der Waals surface area contributed by atoms with Gasteiger partial charge in [-0.1, -0.05) is 5.10 Å². The highest BCUT2D eigenvalue weighted by Crippen LogP contribution is 2.39. The molecule has 1 aliphatic rings. The highest BCUT2D eigenvalue weighted by Gasteiger charge is 2.34. The van der Waals surface area contributed by atoms with E-state index in [1.54, 1.807) is 13.0 Å². The molecule has 2 amide bonds. The maximum Gasteiger partial charge on any atom is 0.434 e. The predicted molar refractivity (Wildman–Crippen MR) is 137 cm³/mol. The number of anilines is 2. The molecule has 204 valence electrons. The van der Waals surface area contributed by atoms with Crippen LogP contribution >= 0.6 is 11.3 Å². The average Bonchev–Trinajstić information content (AvgIpc) is 3.60. The Morgan fingerprint density at radius 1 is 1.21 bits per heavy atom. The van der Waals surface area contributed by atoms with Crippen molar-refractivity contribution in [2.75, 3.05) is 29.9 Å². The van der Waals surface area contributed by atoms with Crippen LogP contribution in [-0.2, 0) is 6.18 Å². The number of aliphatic hydroxyl groups is 1. The summed E-state index contributed by atoms with van der Waals surface area (Å²) >= 11 is 0.822. The molecule has 1 unspecified atom stereocenters. The zero-order valence-corrected chi connectivity index (χ0v) is 21.4. The number of halogens is 3. The smallest absolute Gasteiger partial charge is 0.403 e. The molecule has 1 aliphatic heterocycles. The molecule has 39 heavy (non-hydrogen) atoms. The second-order valence-corrected chi connectivity index (χ2v) is 9.59. The standard InChI is InChI=1S/C24H23F3N8O3S/c1-2-29-22(37)32-19-7-16(21-31-18(12-39-21)24(25,26)27)17(10-30-19)13-6-14(9-28-8-13)20-33-34-23(38-20)35-5-3-4-15(36)11-35/h6-10,12,15,36H,2-5,11H2,1H3,(H2,29,30,32,37). The number of aromatic nitrogens is 5. The molecule has 0 spiro atoms. The Bertz CT molecular complexity index is 1470. The maximum absolute atomic E-state index is 13.3. The number of nitrogens with one attached hydrogen (secondary N) is 2. The molecule has 1 fully saturated rings. The first-order valence-electron chi connectivity index (χ1n) is 12.0. The zero-order chi connectivity index (χ0) is 27.6. The van der Waals surface area contributed by atoms with Crippen LogP contribution < -0.4 is 15.5 Å². The minimum absolute atomic E-state index is 0.0906. The van der Waals surface area contributed by atoms with Crippen LogP contribution in [0, 0.1) is 0 Å². The summed E-state index contributed by atoms with van der Waals surface area (Å²) in [6.45, 7) is 3.19. The average molecular weight is 561 g/mol. The zero-order valence-electron chi connectivity index (χ0n) is 20.6. The summed E-state index contributed by atoms with van der Waals surface area (Å²) in [6, 6.07) is 2.93. The van der Waals surface area contributed by atoms with Crippen LogP contribution in [0.25, 0.3) is 33.2 Å². The Balaban J connectivity index is 1.51. The molecular formula is C24H23F3N8O3S. The molecule has 3 N–H and O–H groups in total. The largest absolute Gasteiger partial charge is 0.434 e. The summed E-state index contributed by atoms with van der Waals surface area (Å²) in [7, 11) is 0. The predicted octanol–water partition coefficient (Wildman–Crippen LogP) is 4.44. The fourth-order valence-electron chi connectivity index (χ4n) is 4.07. The Hall–Kier alpha value is -4.11. The van der Waals surface area contributed by atoms with E-state index in [1.165, 1.54) is 24.7 Å². The minimum atomic E-state index is -4.61. The second kappa shape index (κ2) is 10.9. The lowest BCUT2D eigenvalue weighted by Crippen LogP contribution is -2.38. The van der Waals surface area contributed by atoms with Crippen LogP contribution in [0.1, 0.15) is 25.5 Å². The number of rotatable bonds is 6. The molecular weight excluding hydrogens is 537 g/mol. The Kier molecular flexibility index (Phi) is 7.43. The Labute approximate surface area is 224 Å². The summed E-state index contributed by atoms with van der Waals surface area (Å²) in [5, 5.41) is 24.3. The quantitative estimate of drug-likeness (QED) is 0.312. The fourth-order valence-corrected chi connectivity index (χ4v) is 4.93. The molecule has 4 aromatic rings. The van der Waals surface area contributed by atoms with E-state index in [4.69, 9.17) is 4.42 Å². The Morgan fingerprint density at radius 3 is 2.77 bits per heavy atom. The van der Waals surface area contributed by atoms with Gasteiger partial charge in [0.05, 0.1) is 11.7 Å². The molecule has 5 heterocycles. The number of pyridine rings is 2. The van der Waals surface area contributed by atoms with Crippen molar-refractivity contribution in [1.82, 2.24) is 30.5 Å². The first-order valence-corrected chi connectivity index (χ1v) is 12.9. The van der Waals surface area contributed by atoms with Gasteiger partial charge in [0.1, 0.15) is 10.8 Å². The number of carbonyl (C=O) groups excluding carboxylic acids is 1. The summed E-state index contributed by atoms with van der Waals surface area (Å²) < 4.78 is 45.7. The summed E-state index contributed by atoms with van der Waals surface area (Å²) in [4.78, 5) is 26.1. The normalized spacial score (nSPS) is 15.8. The van der Waals surface area contributed by atoms with Gasteiger partial charge in [0.2, 0.25) is 0 Å². The number of urea groups is 1. The van der Waals surface area contributed by atoms with Crippen molar-refractivity contribution in [1.29, 1.82) is 0 Å². The van der Waals surface area contributed by atoms with E-state index in [2.05, 4.69) is 35.8 Å². The third-order valence-corrected chi connectivity index (χ3v) is 6.76. The van der Waals surface area contributed by atoms with E-state index in [0.717, 1.165) is 23.1 Å². The molecule has 0 aliphatic carbocycles. The van der Waals surface area contributed by atoms with Crippen molar-refractivity contribution < 1.29 is 27.5 Å². The van der Waals surface area contributed by atoms with Gasteiger partial charge in [-0.3, -0.25) is 10.3 Å². The van der Waals surface area contributed by atoms with Crippen molar-refractivity contribution in [3.8, 4) is 33.2 Å². The number of carbonyl (C=O) groups is 1. The monoisotopic (exact) mass is 560 g/mol. The van der Waals surface area contributed by atoms with Crippen molar-refractivity contribution in [2.45, 2.75) is 32.0 Å². The third-order valence-electron chi connectivity index (χ3n) is 5.89. The van der Waals surface area contributed by atoms with E-state index in [1.807, 2.05) is 4.90 Å². The van der Waals surface area contributed by atoms with Gasteiger partial charge in [0, 0.05) is 60.3 Å². The lowest BCUT2D eigenvalue weighted by Gasteiger charge is -2.28. The second-order valence-electron chi connectivity index (χ2n) is 8.73. The highest BCUT2D eigenvalue weighted by atomic mass is 32.1. The molecule has 0 saturated carbocycles. The van der Waals surface area contributed by atoms with Gasteiger partial charge in [0.15, 0.2) is 5.69 Å².